The lowest BCUT2D eigenvalue weighted by molar-refractivity contribution is -0.123. The number of amides is 1. The first kappa shape index (κ1) is 7.35. The third kappa shape index (κ3) is 2.51. The van der Waals surface area contributed by atoms with Crippen molar-refractivity contribution in [2.75, 3.05) is 6.73 Å². The number of carbonyl (C=O) groups is 1. The highest BCUT2D eigenvalue weighted by Gasteiger charge is 2.03. The van der Waals surface area contributed by atoms with Crippen molar-refractivity contribution in [2.24, 2.45) is 11.5 Å². The molecular formula is C3H9N3O2. The normalized spacial score (nSPS) is 9.50. The zero-order valence-corrected chi connectivity index (χ0v) is 4.29. The Morgan fingerprint density at radius 1 is 1.75 bits per heavy atom. The molecule has 0 aliphatic heterocycles. The van der Waals surface area contributed by atoms with Gasteiger partial charge in [0, 0.05) is 0 Å². The van der Waals surface area contributed by atoms with Crippen LogP contribution >= 0.6 is 0 Å². The molecule has 1 amide bonds. The van der Waals surface area contributed by atoms with Gasteiger partial charge in [0.15, 0.2) is 0 Å². The van der Waals surface area contributed by atoms with Crippen molar-refractivity contribution < 1.29 is 9.90 Å². The van der Waals surface area contributed by atoms with Gasteiger partial charge >= 0.3 is 0 Å². The quantitative estimate of drug-likeness (QED) is 0.297. The van der Waals surface area contributed by atoms with Crippen molar-refractivity contribution in [3.05, 3.63) is 0 Å². The maximum Gasteiger partial charge on any atom is 0.253 e. The molecule has 0 aliphatic rings. The summed E-state index contributed by atoms with van der Waals surface area (Å²) >= 11 is 0. The van der Waals surface area contributed by atoms with Gasteiger partial charge in [0.2, 0.25) is 0 Å². The molecule has 0 saturated heterocycles. The second-order valence-corrected chi connectivity index (χ2v) is 1.22. The van der Waals surface area contributed by atoms with Crippen LogP contribution in [0.3, 0.4) is 0 Å². The Bertz CT molecular complexity index is 82.6. The molecule has 48 valence electrons. The van der Waals surface area contributed by atoms with Crippen molar-refractivity contribution in [3.8, 4) is 0 Å². The Morgan fingerprint density at radius 2 is 2.25 bits per heavy atom. The highest BCUT2D eigenvalue weighted by molar-refractivity contribution is 5.80. The number of aliphatic hydroxyl groups is 1. The van der Waals surface area contributed by atoms with E-state index in [0.717, 1.165) is 0 Å². The summed E-state index contributed by atoms with van der Waals surface area (Å²) in [6.45, 7) is -0.427. The molecule has 0 aromatic carbocycles. The fraction of sp³-hybridized carbons (Fsp3) is 0.667. The highest BCUT2D eigenvalue weighted by atomic mass is 16.3. The molecular weight excluding hydrogens is 110 g/mol. The van der Waals surface area contributed by atoms with Crippen LogP contribution in [0, 0.1) is 0 Å². The second-order valence-electron chi connectivity index (χ2n) is 1.22. The average molecular weight is 119 g/mol. The molecule has 0 radical (unpaired) electrons. The maximum absolute atomic E-state index is 10.2. The molecule has 0 atom stereocenters. The molecule has 0 fully saturated rings. The minimum atomic E-state index is -1.04. The molecule has 5 heteroatoms. The highest BCUT2D eigenvalue weighted by Crippen LogP contribution is 1.61. The van der Waals surface area contributed by atoms with Gasteiger partial charge in [0.25, 0.3) is 5.91 Å². The van der Waals surface area contributed by atoms with E-state index in [1.165, 1.54) is 0 Å². The van der Waals surface area contributed by atoms with E-state index in [1.54, 1.807) is 0 Å². The Kier molecular flexibility index (Phi) is 3.09. The number of rotatable bonds is 2. The summed E-state index contributed by atoms with van der Waals surface area (Å²) in [6.07, 6.45) is -1.04. The van der Waals surface area contributed by atoms with Gasteiger partial charge in [-0.3, -0.25) is 4.79 Å². The van der Waals surface area contributed by atoms with E-state index in [2.05, 4.69) is 0 Å². The third-order valence-electron chi connectivity index (χ3n) is 0.556. The van der Waals surface area contributed by atoms with Crippen LogP contribution < -0.4 is 16.8 Å². The van der Waals surface area contributed by atoms with E-state index in [0.29, 0.717) is 0 Å². The predicted octanol–water partition coefficient (Wildman–Crippen LogP) is -2.70. The molecule has 0 aliphatic carbocycles. The molecule has 8 heavy (non-hydrogen) atoms. The number of hydrogen-bond acceptors (Lipinski definition) is 4. The minimum Gasteiger partial charge on any atom is -0.376 e. The van der Waals surface area contributed by atoms with Gasteiger partial charge in [0.05, 0.1) is 0 Å². The lowest BCUT2D eigenvalue weighted by Crippen LogP contribution is -2.46. The van der Waals surface area contributed by atoms with Crippen LogP contribution in [0.15, 0.2) is 0 Å². The van der Waals surface area contributed by atoms with E-state index in [1.807, 2.05) is 5.32 Å². The third-order valence-corrected chi connectivity index (χ3v) is 0.556. The summed E-state index contributed by atoms with van der Waals surface area (Å²) < 4.78 is 0. The van der Waals surface area contributed by atoms with Gasteiger partial charge in [-0.15, -0.1) is 0 Å². The summed E-state index contributed by atoms with van der Waals surface area (Å²) in [7, 11) is 0. The van der Waals surface area contributed by atoms with Gasteiger partial charge < -0.3 is 21.9 Å². The zero-order valence-electron chi connectivity index (χ0n) is 4.29. The first-order valence-electron chi connectivity index (χ1n) is 2.08. The lowest BCUT2D eigenvalue weighted by Gasteiger charge is -2.02. The Balaban J connectivity index is 3.33. The lowest BCUT2D eigenvalue weighted by atomic mass is 10.5. The monoisotopic (exact) mass is 119 g/mol. The van der Waals surface area contributed by atoms with Crippen LogP contribution in [-0.4, -0.2) is 23.9 Å². The maximum atomic E-state index is 10.2. The van der Waals surface area contributed by atoms with Crippen LogP contribution in [0.4, 0.5) is 0 Å². The van der Waals surface area contributed by atoms with E-state index in [9.17, 15) is 4.79 Å². The molecule has 0 aromatic heterocycles. The smallest absolute Gasteiger partial charge is 0.253 e. The first-order valence-corrected chi connectivity index (χ1v) is 2.08. The summed E-state index contributed by atoms with van der Waals surface area (Å²) in [4.78, 5) is 10.2. The molecule has 0 heterocycles. The van der Waals surface area contributed by atoms with Crippen LogP contribution in [0.2, 0.25) is 0 Å². The molecule has 5 nitrogen and oxygen atoms in total. The summed E-state index contributed by atoms with van der Waals surface area (Å²) in [5.74, 6) is -0.562. The van der Waals surface area contributed by atoms with Gasteiger partial charge in [-0.2, -0.15) is 0 Å². The van der Waals surface area contributed by atoms with Crippen molar-refractivity contribution in [2.45, 2.75) is 6.17 Å². The first-order chi connectivity index (χ1) is 3.68. The Hall–Kier alpha value is -0.650. The number of carbonyl (C=O) groups excluding carboxylic acids is 1. The molecule has 0 aromatic rings. The standard InChI is InChI=1S/C3H9N3O2/c4-2(5)3(8)6-1-7/h2,7H,1,4-5H2,(H,6,8). The molecule has 0 spiro atoms. The summed E-state index contributed by atoms with van der Waals surface area (Å²) in [5.41, 5.74) is 9.75. The van der Waals surface area contributed by atoms with E-state index in [4.69, 9.17) is 16.6 Å². The van der Waals surface area contributed by atoms with Crippen molar-refractivity contribution >= 4 is 5.91 Å². The van der Waals surface area contributed by atoms with Crippen LogP contribution in [0.5, 0.6) is 0 Å². The predicted molar refractivity (Wildman–Crippen MR) is 27.4 cm³/mol. The van der Waals surface area contributed by atoms with Crippen LogP contribution in [0.1, 0.15) is 0 Å². The SMILES string of the molecule is NC(N)C(=O)NCO. The summed E-state index contributed by atoms with van der Waals surface area (Å²) in [5, 5.41) is 10.1. The number of nitrogens with one attached hydrogen (secondary N) is 1. The Labute approximate surface area is 46.7 Å². The topological polar surface area (TPSA) is 101 Å². The largest absolute Gasteiger partial charge is 0.376 e. The Morgan fingerprint density at radius 3 is 2.38 bits per heavy atom. The molecule has 6 N–H and O–H groups in total. The minimum absolute atomic E-state index is 0.427. The average Bonchev–Trinajstić information content (AvgIpc) is 1.67. The fourth-order valence-corrected chi connectivity index (χ4v) is 0.196. The summed E-state index contributed by atoms with van der Waals surface area (Å²) in [6, 6.07) is 0. The van der Waals surface area contributed by atoms with Crippen molar-refractivity contribution in [3.63, 3.8) is 0 Å². The zero-order chi connectivity index (χ0) is 6.57. The fourth-order valence-electron chi connectivity index (χ4n) is 0.196. The van der Waals surface area contributed by atoms with E-state index < -0.39 is 18.8 Å². The van der Waals surface area contributed by atoms with Gasteiger partial charge in [-0.1, -0.05) is 0 Å². The van der Waals surface area contributed by atoms with Crippen molar-refractivity contribution in [1.29, 1.82) is 0 Å². The van der Waals surface area contributed by atoms with Gasteiger partial charge in [0.1, 0.15) is 12.9 Å². The molecule has 0 unspecified atom stereocenters. The number of hydrogen-bond donors (Lipinski definition) is 4. The van der Waals surface area contributed by atoms with Crippen LogP contribution in [-0.2, 0) is 4.79 Å². The van der Waals surface area contributed by atoms with Crippen molar-refractivity contribution in [1.82, 2.24) is 5.32 Å². The molecule has 0 bridgehead atoms. The van der Waals surface area contributed by atoms with Gasteiger partial charge in [-0.05, 0) is 0 Å². The van der Waals surface area contributed by atoms with Crippen LogP contribution in [0.25, 0.3) is 0 Å². The van der Waals surface area contributed by atoms with E-state index in [-0.39, 0.29) is 0 Å². The molecule has 0 saturated carbocycles. The van der Waals surface area contributed by atoms with Gasteiger partial charge in [-0.25, -0.2) is 0 Å². The number of aliphatic hydroxyl groups excluding tert-OH is 1. The van der Waals surface area contributed by atoms with E-state index >= 15 is 0 Å². The number of nitrogens with two attached hydrogens (primary N) is 2. The second kappa shape index (κ2) is 3.36. The molecule has 0 rings (SSSR count).